The van der Waals surface area contributed by atoms with Crippen molar-refractivity contribution in [3.63, 3.8) is 0 Å². The second-order valence-corrected chi connectivity index (χ2v) is 17.9. The minimum absolute atomic E-state index is 0.453. The fraction of sp³-hybridized carbons (Fsp3) is 1.00. The van der Waals surface area contributed by atoms with Gasteiger partial charge in [-0.05, 0) is 0 Å². The van der Waals surface area contributed by atoms with Gasteiger partial charge in [-0.15, -0.1) is 0 Å². The molecular formula is C10H28O3Si3. The minimum Gasteiger partial charge on any atom is -0.377 e. The van der Waals surface area contributed by atoms with Gasteiger partial charge in [0.1, 0.15) is 0 Å². The van der Waals surface area contributed by atoms with Crippen LogP contribution in [0, 0.1) is 0 Å². The summed E-state index contributed by atoms with van der Waals surface area (Å²) in [7, 11) is 1.25. The smallest absolute Gasteiger partial charge is 0.377 e. The van der Waals surface area contributed by atoms with Crippen LogP contribution < -0.4 is 0 Å². The zero-order chi connectivity index (χ0) is 12.8. The maximum atomic E-state index is 5.46. The van der Waals surface area contributed by atoms with Gasteiger partial charge in [0.25, 0.3) is 0 Å². The van der Waals surface area contributed by atoms with Gasteiger partial charge in [0, 0.05) is 44.2 Å². The number of hydrogen-bond donors (Lipinski definition) is 0. The summed E-state index contributed by atoms with van der Waals surface area (Å²) in [5.74, 6) is 0. The SMILES string of the molecule is CO[Si](CC[Si](C)(C)C[SiH](C)C)(OC)OC. The molecule has 0 fully saturated rings. The van der Waals surface area contributed by atoms with E-state index < -0.39 is 25.7 Å². The van der Waals surface area contributed by atoms with E-state index in [4.69, 9.17) is 13.3 Å². The quantitative estimate of drug-likeness (QED) is 0.640. The lowest BCUT2D eigenvalue weighted by Gasteiger charge is -2.29. The van der Waals surface area contributed by atoms with Gasteiger partial charge >= 0.3 is 8.80 Å². The van der Waals surface area contributed by atoms with E-state index in [9.17, 15) is 0 Å². The Morgan fingerprint density at radius 2 is 1.31 bits per heavy atom. The summed E-state index contributed by atoms with van der Waals surface area (Å²) in [5.41, 5.74) is 1.49. The summed E-state index contributed by atoms with van der Waals surface area (Å²) in [4.78, 5) is 0. The average molecular weight is 281 g/mol. The van der Waals surface area contributed by atoms with Crippen molar-refractivity contribution >= 4 is 25.7 Å². The van der Waals surface area contributed by atoms with Gasteiger partial charge in [-0.2, -0.15) is 0 Å². The minimum atomic E-state index is -2.33. The van der Waals surface area contributed by atoms with Crippen molar-refractivity contribution in [3.05, 3.63) is 0 Å². The molecule has 0 spiro atoms. The third kappa shape index (κ3) is 5.74. The van der Waals surface area contributed by atoms with E-state index in [0.717, 1.165) is 6.04 Å². The first-order chi connectivity index (χ1) is 7.31. The van der Waals surface area contributed by atoms with E-state index >= 15 is 0 Å². The van der Waals surface area contributed by atoms with Crippen LogP contribution in [-0.4, -0.2) is 47.0 Å². The molecule has 0 saturated carbocycles. The molecule has 98 valence electrons. The van der Waals surface area contributed by atoms with Crippen LogP contribution in [-0.2, 0) is 13.3 Å². The van der Waals surface area contributed by atoms with Gasteiger partial charge in [0.15, 0.2) is 0 Å². The molecule has 0 bridgehead atoms. The third-order valence-electron chi connectivity index (χ3n) is 3.00. The van der Waals surface area contributed by atoms with Crippen LogP contribution in [0.5, 0.6) is 0 Å². The Balaban J connectivity index is 4.29. The Bertz CT molecular complexity index is 185. The fourth-order valence-corrected chi connectivity index (χ4v) is 17.0. The van der Waals surface area contributed by atoms with E-state index in [0.29, 0.717) is 0 Å². The molecule has 6 heteroatoms. The summed E-state index contributed by atoms with van der Waals surface area (Å²) in [6.07, 6.45) is 0. The van der Waals surface area contributed by atoms with Gasteiger partial charge in [-0.25, -0.2) is 0 Å². The highest BCUT2D eigenvalue weighted by Crippen LogP contribution is 2.25. The van der Waals surface area contributed by atoms with Crippen LogP contribution in [0.4, 0.5) is 0 Å². The van der Waals surface area contributed by atoms with Crippen LogP contribution in [0.2, 0.25) is 43.9 Å². The van der Waals surface area contributed by atoms with Gasteiger partial charge < -0.3 is 13.3 Å². The Kier molecular flexibility index (Phi) is 7.31. The van der Waals surface area contributed by atoms with E-state index in [1.807, 2.05) is 0 Å². The summed E-state index contributed by atoms with van der Waals surface area (Å²) in [5, 5.41) is 0. The van der Waals surface area contributed by atoms with Crippen molar-refractivity contribution in [3.8, 4) is 0 Å². The van der Waals surface area contributed by atoms with Crippen LogP contribution in [0.3, 0.4) is 0 Å². The molecule has 0 atom stereocenters. The van der Waals surface area contributed by atoms with E-state index in [1.165, 1.54) is 11.7 Å². The molecule has 0 heterocycles. The predicted octanol–water partition coefficient (Wildman–Crippen LogP) is 2.60. The average Bonchev–Trinajstić information content (AvgIpc) is 2.19. The molecule has 0 saturated heterocycles. The number of rotatable bonds is 8. The lowest BCUT2D eigenvalue weighted by molar-refractivity contribution is 0.125. The lowest BCUT2D eigenvalue weighted by atomic mass is 10.9. The molecule has 0 unspecified atom stereocenters. The van der Waals surface area contributed by atoms with E-state index in [-0.39, 0.29) is 0 Å². The van der Waals surface area contributed by atoms with Gasteiger partial charge in [0.2, 0.25) is 0 Å². The molecule has 0 N–H and O–H groups in total. The molecule has 0 aliphatic heterocycles. The van der Waals surface area contributed by atoms with Crippen molar-refractivity contribution in [1.82, 2.24) is 0 Å². The highest BCUT2D eigenvalue weighted by molar-refractivity contribution is 6.88. The highest BCUT2D eigenvalue weighted by Gasteiger charge is 2.39. The first-order valence-corrected chi connectivity index (χ1v) is 14.4. The predicted molar refractivity (Wildman–Crippen MR) is 77.6 cm³/mol. The molecule has 0 amide bonds. The zero-order valence-electron chi connectivity index (χ0n) is 11.9. The van der Waals surface area contributed by atoms with Gasteiger partial charge in [-0.3, -0.25) is 0 Å². The maximum absolute atomic E-state index is 5.46. The van der Waals surface area contributed by atoms with Crippen molar-refractivity contribution in [2.75, 3.05) is 21.3 Å². The Morgan fingerprint density at radius 1 is 0.875 bits per heavy atom. The Hall–Kier alpha value is 0.531. The summed E-state index contributed by atoms with van der Waals surface area (Å²) in [6, 6.07) is 2.22. The second kappa shape index (κ2) is 7.07. The molecule has 3 nitrogen and oxygen atoms in total. The molecule has 16 heavy (non-hydrogen) atoms. The Labute approximate surface area is 104 Å². The monoisotopic (exact) mass is 280 g/mol. The molecule has 0 rings (SSSR count). The van der Waals surface area contributed by atoms with Crippen LogP contribution in [0.25, 0.3) is 0 Å². The molecule has 0 aliphatic rings. The molecule has 0 aliphatic carbocycles. The summed E-state index contributed by atoms with van der Waals surface area (Å²) < 4.78 is 16.4. The van der Waals surface area contributed by atoms with Gasteiger partial charge in [-0.1, -0.05) is 37.9 Å². The normalized spacial score (nSPS) is 13.5. The first-order valence-electron chi connectivity index (χ1n) is 5.96. The van der Waals surface area contributed by atoms with Gasteiger partial charge in [0.05, 0.1) is 0 Å². The van der Waals surface area contributed by atoms with Crippen LogP contribution in [0.1, 0.15) is 0 Å². The van der Waals surface area contributed by atoms with Crippen molar-refractivity contribution in [1.29, 1.82) is 0 Å². The molecule has 0 aromatic heterocycles. The maximum Gasteiger partial charge on any atom is 0.499 e. The van der Waals surface area contributed by atoms with E-state index in [1.54, 1.807) is 21.3 Å². The Morgan fingerprint density at radius 3 is 1.62 bits per heavy atom. The van der Waals surface area contributed by atoms with Crippen molar-refractivity contribution in [2.45, 2.75) is 43.9 Å². The number of hydrogen-bond acceptors (Lipinski definition) is 3. The van der Waals surface area contributed by atoms with Crippen molar-refractivity contribution < 1.29 is 13.3 Å². The third-order valence-corrected chi connectivity index (χ3v) is 15.5. The zero-order valence-corrected chi connectivity index (χ0v) is 15.1. The lowest BCUT2D eigenvalue weighted by Crippen LogP contribution is -2.45. The van der Waals surface area contributed by atoms with Crippen LogP contribution >= 0.6 is 0 Å². The van der Waals surface area contributed by atoms with Crippen LogP contribution in [0.15, 0.2) is 0 Å². The largest absolute Gasteiger partial charge is 0.499 e. The topological polar surface area (TPSA) is 27.7 Å². The highest BCUT2D eigenvalue weighted by atomic mass is 28.4. The molecule has 0 aromatic rings. The summed E-state index contributed by atoms with van der Waals surface area (Å²) >= 11 is 0. The summed E-state index contributed by atoms with van der Waals surface area (Å²) in [6.45, 7) is 9.81. The van der Waals surface area contributed by atoms with E-state index in [2.05, 4.69) is 26.2 Å². The molecular weight excluding hydrogens is 252 g/mol. The molecule has 0 radical (unpaired) electrons. The second-order valence-electron chi connectivity index (χ2n) is 5.56. The van der Waals surface area contributed by atoms with Crippen molar-refractivity contribution in [2.24, 2.45) is 0 Å². The first kappa shape index (κ1) is 16.5. The standard InChI is InChI=1S/C10H28O3Si3/c1-11-16(12-2,13-3)9-8-15(6,7)10-14(4)5/h14H,8-10H2,1-7H3. The molecule has 0 aromatic carbocycles. The fourth-order valence-electron chi connectivity index (χ4n) is 2.25.